The lowest BCUT2D eigenvalue weighted by Gasteiger charge is -2.29. The third kappa shape index (κ3) is 5.17. The van der Waals surface area contributed by atoms with Gasteiger partial charge in [0.15, 0.2) is 0 Å². The monoisotopic (exact) mass is 264 g/mol. The number of nitrogens with zero attached hydrogens (tertiary/aromatic N) is 3. The molecule has 2 N–H and O–H groups in total. The van der Waals surface area contributed by atoms with Crippen molar-refractivity contribution in [2.24, 2.45) is 11.7 Å². The number of hydrogen-bond acceptors (Lipinski definition) is 4. The highest BCUT2D eigenvalue weighted by atomic mass is 15.2. The van der Waals surface area contributed by atoms with Crippen LogP contribution in [0.2, 0.25) is 0 Å². The summed E-state index contributed by atoms with van der Waals surface area (Å²) in [5.74, 6) is 1.64. The minimum absolute atomic E-state index is 0.0118. The number of nitrogens with two attached hydrogens (primary N) is 1. The first kappa shape index (κ1) is 15.9. The normalized spacial score (nSPS) is 13.1. The van der Waals surface area contributed by atoms with Crippen LogP contribution in [0.5, 0.6) is 0 Å². The Morgan fingerprint density at radius 1 is 1.21 bits per heavy atom. The second-order valence-corrected chi connectivity index (χ2v) is 5.85. The summed E-state index contributed by atoms with van der Waals surface area (Å²) < 4.78 is 0. The Kier molecular flexibility index (Phi) is 6.25. The van der Waals surface area contributed by atoms with Crippen LogP contribution < -0.4 is 10.6 Å². The minimum Gasteiger partial charge on any atom is -0.355 e. The van der Waals surface area contributed by atoms with Gasteiger partial charge in [-0.25, -0.2) is 4.98 Å². The average molecular weight is 264 g/mol. The van der Waals surface area contributed by atoms with Gasteiger partial charge in [0, 0.05) is 37.4 Å². The van der Waals surface area contributed by atoms with E-state index in [0.717, 1.165) is 31.0 Å². The summed E-state index contributed by atoms with van der Waals surface area (Å²) in [5.41, 5.74) is 7.19. The SMILES string of the molecule is CC(C)CN(CCN(C)C)c1ncccc1[C@H](C)N. The number of aromatic nitrogens is 1. The lowest BCUT2D eigenvalue weighted by molar-refractivity contribution is 0.408. The molecule has 108 valence electrons. The van der Waals surface area contributed by atoms with Crippen LogP contribution in [0.1, 0.15) is 32.4 Å². The summed E-state index contributed by atoms with van der Waals surface area (Å²) >= 11 is 0. The van der Waals surface area contributed by atoms with Crippen molar-refractivity contribution in [1.82, 2.24) is 9.88 Å². The lowest BCUT2D eigenvalue weighted by atomic mass is 10.1. The van der Waals surface area contributed by atoms with Gasteiger partial charge in [0.25, 0.3) is 0 Å². The van der Waals surface area contributed by atoms with Crippen molar-refractivity contribution in [3.8, 4) is 0 Å². The van der Waals surface area contributed by atoms with Gasteiger partial charge in [-0.3, -0.25) is 0 Å². The van der Waals surface area contributed by atoms with Crippen molar-refractivity contribution in [3.63, 3.8) is 0 Å². The highest BCUT2D eigenvalue weighted by molar-refractivity contribution is 5.48. The summed E-state index contributed by atoms with van der Waals surface area (Å²) in [6, 6.07) is 4.05. The van der Waals surface area contributed by atoms with Gasteiger partial charge < -0.3 is 15.5 Å². The lowest BCUT2D eigenvalue weighted by Crippen LogP contribution is -2.36. The van der Waals surface area contributed by atoms with Crippen LogP contribution in [-0.4, -0.2) is 43.6 Å². The average Bonchev–Trinajstić information content (AvgIpc) is 2.33. The number of rotatable bonds is 7. The molecule has 0 aliphatic carbocycles. The third-order valence-corrected chi connectivity index (χ3v) is 3.01. The molecule has 0 unspecified atom stereocenters. The highest BCUT2D eigenvalue weighted by Gasteiger charge is 2.16. The molecule has 0 spiro atoms. The van der Waals surface area contributed by atoms with E-state index in [0.29, 0.717) is 5.92 Å². The first-order chi connectivity index (χ1) is 8.91. The molecule has 0 bridgehead atoms. The highest BCUT2D eigenvalue weighted by Crippen LogP contribution is 2.23. The van der Waals surface area contributed by atoms with Crippen LogP contribution in [0.3, 0.4) is 0 Å². The Morgan fingerprint density at radius 2 is 1.89 bits per heavy atom. The Labute approximate surface area is 117 Å². The molecule has 4 nitrogen and oxygen atoms in total. The molecular weight excluding hydrogens is 236 g/mol. The standard InChI is InChI=1S/C15H28N4/c1-12(2)11-19(10-9-18(4)5)15-14(13(3)16)7-6-8-17-15/h6-8,12-13H,9-11,16H2,1-5H3/t13-/m0/s1. The Bertz CT molecular complexity index is 374. The molecule has 1 atom stereocenters. The predicted octanol–water partition coefficient (Wildman–Crippen LogP) is 2.13. The molecule has 4 heteroatoms. The van der Waals surface area contributed by atoms with Gasteiger partial charge in [-0.05, 0) is 33.0 Å². The molecule has 0 aliphatic heterocycles. The molecule has 0 fully saturated rings. The molecule has 0 aliphatic rings. The summed E-state index contributed by atoms with van der Waals surface area (Å²) in [6.07, 6.45) is 1.85. The fourth-order valence-electron chi connectivity index (χ4n) is 2.07. The molecule has 0 aromatic carbocycles. The summed E-state index contributed by atoms with van der Waals surface area (Å²) in [4.78, 5) is 9.11. The zero-order valence-electron chi connectivity index (χ0n) is 12.9. The van der Waals surface area contributed by atoms with E-state index in [2.05, 4.69) is 48.8 Å². The van der Waals surface area contributed by atoms with E-state index < -0.39 is 0 Å². The molecule has 0 radical (unpaired) electrons. The maximum atomic E-state index is 6.06. The summed E-state index contributed by atoms with van der Waals surface area (Å²) in [5, 5.41) is 0. The number of likely N-dealkylation sites (N-methyl/N-ethyl adjacent to an activating group) is 1. The van der Waals surface area contributed by atoms with E-state index in [4.69, 9.17) is 5.73 Å². The van der Waals surface area contributed by atoms with Gasteiger partial charge >= 0.3 is 0 Å². The zero-order valence-corrected chi connectivity index (χ0v) is 12.9. The fraction of sp³-hybridized carbons (Fsp3) is 0.667. The van der Waals surface area contributed by atoms with Crippen LogP contribution >= 0.6 is 0 Å². The Hall–Kier alpha value is -1.13. The van der Waals surface area contributed by atoms with Crippen LogP contribution in [0, 0.1) is 5.92 Å². The van der Waals surface area contributed by atoms with Crippen molar-refractivity contribution in [2.45, 2.75) is 26.8 Å². The van der Waals surface area contributed by atoms with Crippen LogP contribution in [0.15, 0.2) is 18.3 Å². The predicted molar refractivity (Wildman–Crippen MR) is 82.4 cm³/mol. The molecule has 0 saturated carbocycles. The van der Waals surface area contributed by atoms with E-state index >= 15 is 0 Å². The molecule has 1 rings (SSSR count). The number of pyridine rings is 1. The first-order valence-corrected chi connectivity index (χ1v) is 7.02. The van der Waals surface area contributed by atoms with Crippen LogP contribution in [-0.2, 0) is 0 Å². The first-order valence-electron chi connectivity index (χ1n) is 7.02. The largest absolute Gasteiger partial charge is 0.355 e. The number of anilines is 1. The second kappa shape index (κ2) is 7.46. The van der Waals surface area contributed by atoms with E-state index in [-0.39, 0.29) is 6.04 Å². The van der Waals surface area contributed by atoms with Crippen molar-refractivity contribution >= 4 is 5.82 Å². The second-order valence-electron chi connectivity index (χ2n) is 5.85. The molecule has 0 amide bonds. The van der Waals surface area contributed by atoms with Gasteiger partial charge in [0.05, 0.1) is 0 Å². The van der Waals surface area contributed by atoms with Crippen molar-refractivity contribution in [1.29, 1.82) is 0 Å². The number of hydrogen-bond donors (Lipinski definition) is 1. The van der Waals surface area contributed by atoms with E-state index in [9.17, 15) is 0 Å². The van der Waals surface area contributed by atoms with E-state index in [1.54, 1.807) is 0 Å². The molecule has 1 heterocycles. The quantitative estimate of drug-likeness (QED) is 0.819. The smallest absolute Gasteiger partial charge is 0.133 e. The Morgan fingerprint density at radius 3 is 2.42 bits per heavy atom. The zero-order chi connectivity index (χ0) is 14.4. The molecule has 19 heavy (non-hydrogen) atoms. The third-order valence-electron chi connectivity index (χ3n) is 3.01. The van der Waals surface area contributed by atoms with Crippen molar-refractivity contribution < 1.29 is 0 Å². The van der Waals surface area contributed by atoms with Crippen LogP contribution in [0.4, 0.5) is 5.82 Å². The van der Waals surface area contributed by atoms with Crippen molar-refractivity contribution in [2.75, 3.05) is 38.6 Å². The maximum Gasteiger partial charge on any atom is 0.133 e. The van der Waals surface area contributed by atoms with Crippen molar-refractivity contribution in [3.05, 3.63) is 23.9 Å². The summed E-state index contributed by atoms with van der Waals surface area (Å²) in [6.45, 7) is 9.47. The van der Waals surface area contributed by atoms with Gasteiger partial charge in [-0.1, -0.05) is 19.9 Å². The van der Waals surface area contributed by atoms with Gasteiger partial charge in [0.1, 0.15) is 5.82 Å². The molecule has 0 saturated heterocycles. The van der Waals surface area contributed by atoms with Gasteiger partial charge in [-0.2, -0.15) is 0 Å². The van der Waals surface area contributed by atoms with Gasteiger partial charge in [-0.15, -0.1) is 0 Å². The fourth-order valence-corrected chi connectivity index (χ4v) is 2.07. The molecular formula is C15H28N4. The molecule has 1 aromatic heterocycles. The van der Waals surface area contributed by atoms with Gasteiger partial charge in [0.2, 0.25) is 0 Å². The summed E-state index contributed by atoms with van der Waals surface area (Å²) in [7, 11) is 4.19. The van der Waals surface area contributed by atoms with Crippen LogP contribution in [0.25, 0.3) is 0 Å². The topological polar surface area (TPSA) is 45.4 Å². The van der Waals surface area contributed by atoms with E-state index in [1.807, 2.05) is 19.2 Å². The van der Waals surface area contributed by atoms with E-state index in [1.165, 1.54) is 0 Å². The molecule has 1 aromatic rings. The maximum absolute atomic E-state index is 6.06. The minimum atomic E-state index is 0.0118. The Balaban J connectivity index is 2.95.